The maximum Gasteiger partial charge on any atom is 0.320 e. The predicted octanol–water partition coefficient (Wildman–Crippen LogP) is 1.89. The minimum Gasteiger partial charge on any atom is -0.487 e. The van der Waals surface area contributed by atoms with Crippen LogP contribution in [0.4, 0.5) is 10.6 Å². The fourth-order valence-electron chi connectivity index (χ4n) is 4.02. The van der Waals surface area contributed by atoms with Crippen LogP contribution in [0.5, 0.6) is 5.75 Å². The largest absolute Gasteiger partial charge is 0.487 e. The van der Waals surface area contributed by atoms with Crippen LogP contribution in [-0.4, -0.2) is 91.2 Å². The number of urea groups is 1. The highest BCUT2D eigenvalue weighted by Crippen LogP contribution is 2.26. The molecule has 148 valence electrons. The number of anilines is 1. The van der Waals surface area contributed by atoms with Crippen LogP contribution >= 0.6 is 0 Å². The monoisotopic (exact) mass is 373 g/mol. The molecule has 0 bridgehead atoms. The first-order valence-corrected chi connectivity index (χ1v) is 10.2. The standard InChI is InChI=1S/C20H31N5O2/c1-22(2)19-13-17(7-8-21-19)27-18-14-25(15-18)20(26)24-10-4-9-23(11-12-24)16-5-3-6-16/h7-8,13,16,18H,3-6,9-12,14-15H2,1-2H3. The first-order valence-electron chi connectivity index (χ1n) is 10.2. The van der Waals surface area contributed by atoms with Gasteiger partial charge in [0, 0.05) is 58.6 Å². The third kappa shape index (κ3) is 4.13. The number of nitrogens with zero attached hydrogens (tertiary/aromatic N) is 5. The summed E-state index contributed by atoms with van der Waals surface area (Å²) in [5.74, 6) is 1.69. The molecule has 7 heteroatoms. The number of carbonyl (C=O) groups excluding carboxylic acids is 1. The number of amides is 2. The van der Waals surface area contributed by atoms with Crippen LogP contribution in [0.1, 0.15) is 25.7 Å². The zero-order valence-electron chi connectivity index (χ0n) is 16.5. The summed E-state index contributed by atoms with van der Waals surface area (Å²) >= 11 is 0. The fourth-order valence-corrected chi connectivity index (χ4v) is 4.02. The second-order valence-electron chi connectivity index (χ2n) is 8.13. The Morgan fingerprint density at radius 2 is 1.93 bits per heavy atom. The van der Waals surface area contributed by atoms with Crippen molar-refractivity contribution < 1.29 is 9.53 Å². The van der Waals surface area contributed by atoms with Crippen LogP contribution in [0.15, 0.2) is 18.3 Å². The highest BCUT2D eigenvalue weighted by atomic mass is 16.5. The van der Waals surface area contributed by atoms with Crippen molar-refractivity contribution in [2.45, 2.75) is 37.8 Å². The van der Waals surface area contributed by atoms with Crippen molar-refractivity contribution >= 4 is 11.8 Å². The van der Waals surface area contributed by atoms with Gasteiger partial charge in [0.05, 0.1) is 13.1 Å². The van der Waals surface area contributed by atoms with Crippen molar-refractivity contribution in [2.24, 2.45) is 0 Å². The molecular weight excluding hydrogens is 342 g/mol. The Morgan fingerprint density at radius 3 is 2.63 bits per heavy atom. The van der Waals surface area contributed by atoms with E-state index in [1.165, 1.54) is 19.3 Å². The lowest BCUT2D eigenvalue weighted by Gasteiger charge is -2.41. The molecule has 0 atom stereocenters. The number of hydrogen-bond donors (Lipinski definition) is 0. The number of ether oxygens (including phenoxy) is 1. The van der Waals surface area contributed by atoms with Gasteiger partial charge in [-0.05, 0) is 25.3 Å². The van der Waals surface area contributed by atoms with Crippen LogP contribution in [-0.2, 0) is 0 Å². The average Bonchev–Trinajstić information content (AvgIpc) is 2.82. The van der Waals surface area contributed by atoms with Gasteiger partial charge in [0.15, 0.2) is 0 Å². The van der Waals surface area contributed by atoms with Crippen molar-refractivity contribution in [3.63, 3.8) is 0 Å². The van der Waals surface area contributed by atoms with Gasteiger partial charge in [-0.2, -0.15) is 0 Å². The van der Waals surface area contributed by atoms with Crippen LogP contribution in [0.25, 0.3) is 0 Å². The molecule has 3 aliphatic rings. The first-order chi connectivity index (χ1) is 13.1. The van der Waals surface area contributed by atoms with Crippen LogP contribution < -0.4 is 9.64 Å². The van der Waals surface area contributed by atoms with E-state index in [-0.39, 0.29) is 12.1 Å². The molecule has 3 fully saturated rings. The van der Waals surface area contributed by atoms with E-state index >= 15 is 0 Å². The molecule has 2 aliphatic heterocycles. The molecule has 0 N–H and O–H groups in total. The number of rotatable bonds is 4. The smallest absolute Gasteiger partial charge is 0.320 e. The molecule has 0 spiro atoms. The summed E-state index contributed by atoms with van der Waals surface area (Å²) in [4.78, 5) is 25.6. The number of carbonyl (C=O) groups is 1. The zero-order chi connectivity index (χ0) is 18.8. The number of aromatic nitrogens is 1. The lowest BCUT2D eigenvalue weighted by Crippen LogP contribution is -2.60. The van der Waals surface area contributed by atoms with Crippen molar-refractivity contribution in [1.29, 1.82) is 0 Å². The van der Waals surface area contributed by atoms with Gasteiger partial charge in [-0.15, -0.1) is 0 Å². The van der Waals surface area contributed by atoms with Crippen molar-refractivity contribution in [3.8, 4) is 5.75 Å². The van der Waals surface area contributed by atoms with Crippen LogP contribution in [0.2, 0.25) is 0 Å². The lowest BCUT2D eigenvalue weighted by molar-refractivity contribution is 0.0308. The summed E-state index contributed by atoms with van der Waals surface area (Å²) in [7, 11) is 3.92. The maximum atomic E-state index is 12.8. The van der Waals surface area contributed by atoms with Crippen molar-refractivity contribution in [2.75, 3.05) is 58.3 Å². The summed E-state index contributed by atoms with van der Waals surface area (Å²) in [5.41, 5.74) is 0. The Balaban J connectivity index is 1.24. The van der Waals surface area contributed by atoms with E-state index in [2.05, 4.69) is 9.88 Å². The van der Waals surface area contributed by atoms with Gasteiger partial charge < -0.3 is 19.4 Å². The topological polar surface area (TPSA) is 52.2 Å². The van der Waals surface area contributed by atoms with Crippen LogP contribution in [0.3, 0.4) is 0 Å². The molecule has 2 amide bonds. The Hall–Kier alpha value is -2.02. The fraction of sp³-hybridized carbons (Fsp3) is 0.700. The minimum absolute atomic E-state index is 0.0739. The predicted molar refractivity (Wildman–Crippen MR) is 105 cm³/mol. The summed E-state index contributed by atoms with van der Waals surface area (Å²) < 4.78 is 6.02. The average molecular weight is 374 g/mol. The van der Waals surface area contributed by atoms with E-state index < -0.39 is 0 Å². The molecule has 1 saturated carbocycles. The summed E-state index contributed by atoms with van der Waals surface area (Å²) in [6.45, 7) is 5.22. The van der Waals surface area contributed by atoms with Gasteiger partial charge in [-0.3, -0.25) is 4.90 Å². The Labute approximate surface area is 161 Å². The van der Waals surface area contributed by atoms with Crippen molar-refractivity contribution in [3.05, 3.63) is 18.3 Å². The highest BCUT2D eigenvalue weighted by molar-refractivity contribution is 5.75. The van der Waals surface area contributed by atoms with E-state index in [1.54, 1.807) is 6.20 Å². The van der Waals surface area contributed by atoms with Gasteiger partial charge in [0.2, 0.25) is 0 Å². The molecule has 1 aromatic heterocycles. The van der Waals surface area contributed by atoms with Gasteiger partial charge in [0.1, 0.15) is 17.7 Å². The maximum absolute atomic E-state index is 12.8. The Bertz CT molecular complexity index is 658. The molecule has 0 radical (unpaired) electrons. The molecule has 7 nitrogen and oxygen atoms in total. The summed E-state index contributed by atoms with van der Waals surface area (Å²) in [6, 6.07) is 4.76. The molecule has 0 unspecified atom stereocenters. The quantitative estimate of drug-likeness (QED) is 0.807. The molecule has 27 heavy (non-hydrogen) atoms. The normalized spacial score (nSPS) is 22.0. The molecule has 1 aliphatic carbocycles. The van der Waals surface area contributed by atoms with E-state index in [0.29, 0.717) is 13.1 Å². The third-order valence-electron chi connectivity index (χ3n) is 5.99. The van der Waals surface area contributed by atoms with Gasteiger partial charge >= 0.3 is 6.03 Å². The van der Waals surface area contributed by atoms with E-state index in [0.717, 1.165) is 50.2 Å². The Kier molecular flexibility index (Phi) is 5.38. The van der Waals surface area contributed by atoms with Gasteiger partial charge in [-0.1, -0.05) is 6.42 Å². The third-order valence-corrected chi connectivity index (χ3v) is 5.99. The molecular formula is C20H31N5O2. The van der Waals surface area contributed by atoms with Crippen molar-refractivity contribution in [1.82, 2.24) is 19.7 Å². The van der Waals surface area contributed by atoms with E-state index in [1.807, 2.05) is 40.9 Å². The van der Waals surface area contributed by atoms with E-state index in [4.69, 9.17) is 4.74 Å². The number of likely N-dealkylation sites (tertiary alicyclic amines) is 1. The van der Waals surface area contributed by atoms with Gasteiger partial charge in [-0.25, -0.2) is 9.78 Å². The second-order valence-corrected chi connectivity index (χ2v) is 8.13. The van der Waals surface area contributed by atoms with E-state index in [9.17, 15) is 4.79 Å². The summed E-state index contributed by atoms with van der Waals surface area (Å²) in [6.07, 6.45) is 6.96. The molecule has 4 rings (SSSR count). The first kappa shape index (κ1) is 18.3. The zero-order valence-corrected chi connectivity index (χ0v) is 16.5. The number of hydrogen-bond acceptors (Lipinski definition) is 5. The summed E-state index contributed by atoms with van der Waals surface area (Å²) in [5, 5.41) is 0. The molecule has 0 aromatic carbocycles. The minimum atomic E-state index is 0.0739. The Morgan fingerprint density at radius 1 is 1.11 bits per heavy atom. The molecule has 1 aromatic rings. The molecule has 3 heterocycles. The second kappa shape index (κ2) is 7.92. The van der Waals surface area contributed by atoms with Crippen LogP contribution in [0, 0.1) is 0 Å². The molecule has 2 saturated heterocycles. The lowest BCUT2D eigenvalue weighted by atomic mass is 9.91. The highest BCUT2D eigenvalue weighted by Gasteiger charge is 2.36. The van der Waals surface area contributed by atoms with Gasteiger partial charge in [0.25, 0.3) is 0 Å². The number of pyridine rings is 1. The SMILES string of the molecule is CN(C)c1cc(OC2CN(C(=O)N3CCCN(C4CCC4)CC3)C2)ccn1.